The molecule has 1 aliphatic carbocycles. The Morgan fingerprint density at radius 1 is 1.32 bits per heavy atom. The van der Waals surface area contributed by atoms with E-state index in [2.05, 4.69) is 5.32 Å². The van der Waals surface area contributed by atoms with Crippen molar-refractivity contribution < 1.29 is 14.7 Å². The first-order valence-corrected chi connectivity index (χ1v) is 6.58. The van der Waals surface area contributed by atoms with E-state index in [1.165, 1.54) is 0 Å². The first-order chi connectivity index (χ1) is 9.03. The minimum Gasteiger partial charge on any atom is -0.481 e. The smallest absolute Gasteiger partial charge is 0.311 e. The molecule has 0 spiro atoms. The summed E-state index contributed by atoms with van der Waals surface area (Å²) in [6.45, 7) is 2.21. The SMILES string of the molecule is Cc1ccccc1CC(=O)NCC1(C(=O)O)CCC1. The van der Waals surface area contributed by atoms with Gasteiger partial charge in [-0.15, -0.1) is 0 Å². The highest BCUT2D eigenvalue weighted by molar-refractivity contribution is 5.81. The highest BCUT2D eigenvalue weighted by Crippen LogP contribution is 2.40. The van der Waals surface area contributed by atoms with Crippen molar-refractivity contribution in [2.45, 2.75) is 32.6 Å². The summed E-state index contributed by atoms with van der Waals surface area (Å²) in [6, 6.07) is 7.73. The van der Waals surface area contributed by atoms with Gasteiger partial charge < -0.3 is 10.4 Å². The molecular weight excluding hydrogens is 242 g/mol. The quantitative estimate of drug-likeness (QED) is 0.850. The molecular formula is C15H19NO3. The Labute approximate surface area is 112 Å². The zero-order valence-electron chi connectivity index (χ0n) is 11.1. The van der Waals surface area contributed by atoms with Crippen LogP contribution >= 0.6 is 0 Å². The third-order valence-electron chi connectivity index (χ3n) is 4.00. The van der Waals surface area contributed by atoms with Gasteiger partial charge in [0.2, 0.25) is 5.91 Å². The van der Waals surface area contributed by atoms with Crippen molar-refractivity contribution in [2.24, 2.45) is 5.41 Å². The molecule has 0 radical (unpaired) electrons. The fraction of sp³-hybridized carbons (Fsp3) is 0.467. The Balaban J connectivity index is 1.89. The number of carbonyl (C=O) groups excluding carboxylic acids is 1. The van der Waals surface area contributed by atoms with E-state index in [1.54, 1.807) is 0 Å². The Kier molecular flexibility index (Phi) is 3.88. The van der Waals surface area contributed by atoms with Crippen molar-refractivity contribution in [1.82, 2.24) is 5.32 Å². The Morgan fingerprint density at radius 2 is 2.00 bits per heavy atom. The van der Waals surface area contributed by atoms with Crippen LogP contribution in [0.2, 0.25) is 0 Å². The van der Waals surface area contributed by atoms with Crippen LogP contribution in [0.4, 0.5) is 0 Å². The van der Waals surface area contributed by atoms with Crippen LogP contribution in [0.25, 0.3) is 0 Å². The normalized spacial score (nSPS) is 16.5. The van der Waals surface area contributed by atoms with Gasteiger partial charge >= 0.3 is 5.97 Å². The third kappa shape index (κ3) is 2.95. The number of hydrogen-bond donors (Lipinski definition) is 2. The zero-order chi connectivity index (χ0) is 13.9. The molecule has 1 aromatic rings. The van der Waals surface area contributed by atoms with Crippen LogP contribution in [0.1, 0.15) is 30.4 Å². The molecule has 2 rings (SSSR count). The van der Waals surface area contributed by atoms with E-state index in [9.17, 15) is 14.7 Å². The van der Waals surface area contributed by atoms with Crippen molar-refractivity contribution in [1.29, 1.82) is 0 Å². The van der Waals surface area contributed by atoms with Gasteiger partial charge in [0.1, 0.15) is 0 Å². The second kappa shape index (κ2) is 5.43. The number of aliphatic carboxylic acids is 1. The lowest BCUT2D eigenvalue weighted by Crippen LogP contribution is -2.47. The van der Waals surface area contributed by atoms with Crippen LogP contribution in [-0.2, 0) is 16.0 Å². The largest absolute Gasteiger partial charge is 0.481 e. The van der Waals surface area contributed by atoms with Crippen molar-refractivity contribution in [3.8, 4) is 0 Å². The summed E-state index contributed by atoms with van der Waals surface area (Å²) in [6.07, 6.45) is 2.56. The number of aryl methyl sites for hydroxylation is 1. The minimum atomic E-state index is -0.796. The monoisotopic (exact) mass is 261 g/mol. The first kappa shape index (κ1) is 13.6. The molecule has 0 aliphatic heterocycles. The Morgan fingerprint density at radius 3 is 2.53 bits per heavy atom. The van der Waals surface area contributed by atoms with Gasteiger partial charge in [0.25, 0.3) is 0 Å². The standard InChI is InChI=1S/C15H19NO3/c1-11-5-2-3-6-12(11)9-13(17)16-10-15(14(18)19)7-4-8-15/h2-3,5-6H,4,7-10H2,1H3,(H,16,17)(H,18,19). The predicted octanol–water partition coefficient (Wildman–Crippen LogP) is 1.91. The van der Waals surface area contributed by atoms with Crippen LogP contribution < -0.4 is 5.32 Å². The molecule has 0 saturated heterocycles. The summed E-state index contributed by atoms with van der Waals surface area (Å²) in [5.41, 5.74) is 1.34. The molecule has 0 unspecified atom stereocenters. The summed E-state index contributed by atoms with van der Waals surface area (Å²) in [7, 11) is 0. The highest BCUT2D eigenvalue weighted by Gasteiger charge is 2.44. The van der Waals surface area contributed by atoms with Gasteiger partial charge in [-0.3, -0.25) is 9.59 Å². The lowest BCUT2D eigenvalue weighted by atomic mass is 9.69. The third-order valence-corrected chi connectivity index (χ3v) is 4.00. The fourth-order valence-electron chi connectivity index (χ4n) is 2.38. The van der Waals surface area contributed by atoms with E-state index in [4.69, 9.17) is 0 Å². The number of hydrogen-bond acceptors (Lipinski definition) is 2. The molecule has 0 heterocycles. The molecule has 0 atom stereocenters. The lowest BCUT2D eigenvalue weighted by molar-refractivity contribution is -0.154. The second-order valence-corrected chi connectivity index (χ2v) is 5.32. The summed E-state index contributed by atoms with van der Waals surface area (Å²) in [5.74, 6) is -0.906. The molecule has 2 N–H and O–H groups in total. The number of nitrogens with one attached hydrogen (secondary N) is 1. The number of rotatable bonds is 5. The second-order valence-electron chi connectivity index (χ2n) is 5.32. The van der Waals surface area contributed by atoms with E-state index in [0.717, 1.165) is 17.5 Å². The molecule has 4 heteroatoms. The minimum absolute atomic E-state index is 0.109. The predicted molar refractivity (Wildman–Crippen MR) is 71.8 cm³/mol. The fourth-order valence-corrected chi connectivity index (χ4v) is 2.38. The summed E-state index contributed by atoms with van der Waals surface area (Å²) in [5, 5.41) is 11.9. The Hall–Kier alpha value is -1.84. The molecule has 1 amide bonds. The average molecular weight is 261 g/mol. The molecule has 1 saturated carbocycles. The molecule has 0 bridgehead atoms. The van der Waals surface area contributed by atoms with Crippen molar-refractivity contribution in [3.05, 3.63) is 35.4 Å². The maximum Gasteiger partial charge on any atom is 0.311 e. The van der Waals surface area contributed by atoms with E-state index in [1.807, 2.05) is 31.2 Å². The maximum absolute atomic E-state index is 11.9. The summed E-state index contributed by atoms with van der Waals surface area (Å²) in [4.78, 5) is 23.0. The highest BCUT2D eigenvalue weighted by atomic mass is 16.4. The van der Waals surface area contributed by atoms with Crippen LogP contribution in [0.15, 0.2) is 24.3 Å². The lowest BCUT2D eigenvalue weighted by Gasteiger charge is -2.37. The molecule has 1 aliphatic rings. The van der Waals surface area contributed by atoms with Crippen molar-refractivity contribution in [2.75, 3.05) is 6.54 Å². The topological polar surface area (TPSA) is 66.4 Å². The number of benzene rings is 1. The number of carboxylic acid groups (broad SMARTS) is 1. The van der Waals surface area contributed by atoms with Gasteiger partial charge in [-0.2, -0.15) is 0 Å². The number of amides is 1. The van der Waals surface area contributed by atoms with Crippen molar-refractivity contribution >= 4 is 11.9 Å². The summed E-state index contributed by atoms with van der Waals surface area (Å²) >= 11 is 0. The molecule has 19 heavy (non-hydrogen) atoms. The van der Waals surface area contributed by atoms with E-state index >= 15 is 0 Å². The molecule has 1 aromatic carbocycles. The van der Waals surface area contributed by atoms with Gasteiger partial charge in [0.15, 0.2) is 0 Å². The molecule has 102 valence electrons. The van der Waals surface area contributed by atoms with E-state index in [-0.39, 0.29) is 12.5 Å². The zero-order valence-corrected chi connectivity index (χ0v) is 11.1. The van der Waals surface area contributed by atoms with E-state index < -0.39 is 11.4 Å². The Bertz CT molecular complexity index is 492. The number of carboxylic acids is 1. The van der Waals surface area contributed by atoms with Gasteiger partial charge in [-0.1, -0.05) is 30.7 Å². The maximum atomic E-state index is 11.9. The van der Waals surface area contributed by atoms with Gasteiger partial charge in [-0.25, -0.2) is 0 Å². The molecule has 1 fully saturated rings. The van der Waals surface area contributed by atoms with Crippen LogP contribution in [0.3, 0.4) is 0 Å². The van der Waals surface area contributed by atoms with Crippen LogP contribution in [-0.4, -0.2) is 23.5 Å². The first-order valence-electron chi connectivity index (χ1n) is 6.58. The average Bonchev–Trinajstić information content (AvgIpc) is 2.30. The van der Waals surface area contributed by atoms with Crippen LogP contribution in [0.5, 0.6) is 0 Å². The van der Waals surface area contributed by atoms with Gasteiger partial charge in [0.05, 0.1) is 11.8 Å². The van der Waals surface area contributed by atoms with E-state index in [0.29, 0.717) is 19.3 Å². The number of carbonyl (C=O) groups is 2. The van der Waals surface area contributed by atoms with Crippen LogP contribution in [0, 0.1) is 12.3 Å². The molecule has 4 nitrogen and oxygen atoms in total. The summed E-state index contributed by atoms with van der Waals surface area (Å²) < 4.78 is 0. The van der Waals surface area contributed by atoms with Gasteiger partial charge in [0, 0.05) is 6.54 Å². The van der Waals surface area contributed by atoms with Crippen molar-refractivity contribution in [3.63, 3.8) is 0 Å². The van der Waals surface area contributed by atoms with Gasteiger partial charge in [-0.05, 0) is 30.9 Å². The molecule has 0 aromatic heterocycles.